The van der Waals surface area contributed by atoms with E-state index in [0.29, 0.717) is 25.7 Å². The van der Waals surface area contributed by atoms with E-state index in [1.54, 1.807) is 6.92 Å². The molecule has 2 rings (SSSR count). The summed E-state index contributed by atoms with van der Waals surface area (Å²) in [6.07, 6.45) is 3.08. The van der Waals surface area contributed by atoms with Crippen LogP contribution >= 0.6 is 0 Å². The van der Waals surface area contributed by atoms with E-state index in [2.05, 4.69) is 4.79 Å². The molecule has 1 fully saturated rings. The van der Waals surface area contributed by atoms with Crippen LogP contribution in [0.25, 0.3) is 5.53 Å². The van der Waals surface area contributed by atoms with Gasteiger partial charge < -0.3 is 10.3 Å². The van der Waals surface area contributed by atoms with Crippen LogP contribution in [-0.4, -0.2) is 37.2 Å². The highest BCUT2D eigenvalue weighted by molar-refractivity contribution is 8.31. The fraction of sp³-hybridized carbons (Fsp3) is 0.500. The zero-order chi connectivity index (χ0) is 19.4. The minimum absolute atomic E-state index is 0.133. The number of benzene rings is 1. The highest BCUT2D eigenvalue weighted by Gasteiger charge is 2.47. The summed E-state index contributed by atoms with van der Waals surface area (Å²) in [7, 11) is -8.82. The van der Waals surface area contributed by atoms with Gasteiger partial charge >= 0.3 is 10.3 Å². The maximum atomic E-state index is 12.7. The summed E-state index contributed by atoms with van der Waals surface area (Å²) < 4.78 is 54.3. The van der Waals surface area contributed by atoms with Crippen molar-refractivity contribution in [2.45, 2.75) is 55.6 Å². The van der Waals surface area contributed by atoms with Gasteiger partial charge in [0, 0.05) is 6.42 Å². The monoisotopic (exact) mass is 400 g/mol. The molecule has 0 heterocycles. The average molecular weight is 400 g/mol. The van der Waals surface area contributed by atoms with Gasteiger partial charge in [0.05, 0.1) is 10.1 Å². The molecule has 0 aromatic heterocycles. The first-order valence-corrected chi connectivity index (χ1v) is 11.3. The fourth-order valence-corrected chi connectivity index (χ4v) is 6.85. The highest BCUT2D eigenvalue weighted by atomic mass is 32.3. The summed E-state index contributed by atoms with van der Waals surface area (Å²) in [5.41, 5.74) is 9.15. The smallest absolute Gasteiger partial charge is 0.427 e. The molecule has 0 spiro atoms. The average Bonchev–Trinajstić information content (AvgIpc) is 2.63. The molecule has 0 amide bonds. The summed E-state index contributed by atoms with van der Waals surface area (Å²) in [5, 5.41) is -0.873. The molecule has 0 saturated heterocycles. The molecule has 1 aliphatic rings. The largest absolute Gasteiger partial charge is 0.499 e. The Bertz CT molecular complexity index is 923. The van der Waals surface area contributed by atoms with Crippen molar-refractivity contribution in [3.05, 3.63) is 29.8 Å². The lowest BCUT2D eigenvalue weighted by Gasteiger charge is -2.19. The van der Waals surface area contributed by atoms with E-state index in [1.165, 1.54) is 12.1 Å². The van der Waals surface area contributed by atoms with Gasteiger partial charge in [0.15, 0.2) is 0 Å². The molecule has 0 radical (unpaired) electrons. The van der Waals surface area contributed by atoms with Gasteiger partial charge in [-0.1, -0.05) is 26.2 Å². The lowest BCUT2D eigenvalue weighted by Crippen LogP contribution is -2.35. The molecule has 10 heteroatoms. The molecular formula is C16H20N2O6S2. The Labute approximate surface area is 152 Å². The van der Waals surface area contributed by atoms with Crippen LogP contribution in [0.4, 0.5) is 0 Å². The van der Waals surface area contributed by atoms with E-state index in [9.17, 15) is 21.6 Å². The van der Waals surface area contributed by atoms with E-state index in [1.807, 2.05) is 0 Å². The third kappa shape index (κ3) is 4.20. The van der Waals surface area contributed by atoms with E-state index in [-0.39, 0.29) is 17.1 Å². The molecule has 1 aromatic rings. The molecule has 1 saturated carbocycles. The van der Waals surface area contributed by atoms with E-state index < -0.39 is 35.3 Å². The van der Waals surface area contributed by atoms with Crippen LogP contribution in [0.15, 0.2) is 29.2 Å². The molecule has 1 aromatic carbocycles. The van der Waals surface area contributed by atoms with Crippen LogP contribution in [0.3, 0.4) is 0 Å². The summed E-state index contributed by atoms with van der Waals surface area (Å²) in [4.78, 5) is 13.5. The van der Waals surface area contributed by atoms with Crippen molar-refractivity contribution in [2.24, 2.45) is 0 Å². The number of rotatable bonds is 4. The maximum absolute atomic E-state index is 12.7. The fourth-order valence-electron chi connectivity index (χ4n) is 2.77. The van der Waals surface area contributed by atoms with Crippen LogP contribution in [0, 0.1) is 0 Å². The van der Waals surface area contributed by atoms with Crippen molar-refractivity contribution in [3.8, 4) is 5.75 Å². The SMILES string of the molecule is CCC(=O)Oc1ccc(S(=O)(=O)C(=[N+]=[N-])S(=O)(=O)C2CCCCC2)cc1. The van der Waals surface area contributed by atoms with Crippen LogP contribution in [0.2, 0.25) is 0 Å². The molecule has 0 atom stereocenters. The Hall–Kier alpha value is -2.03. The predicted molar refractivity (Wildman–Crippen MR) is 94.0 cm³/mol. The van der Waals surface area contributed by atoms with Crippen molar-refractivity contribution >= 4 is 30.0 Å². The van der Waals surface area contributed by atoms with Crippen LogP contribution < -0.4 is 4.74 Å². The van der Waals surface area contributed by atoms with Crippen molar-refractivity contribution < 1.29 is 31.2 Å². The first kappa shape index (κ1) is 20.3. The summed E-state index contributed by atoms with van der Waals surface area (Å²) in [6.45, 7) is 1.61. The normalized spacial score (nSPS) is 15.9. The van der Waals surface area contributed by atoms with Gasteiger partial charge in [0.2, 0.25) is 0 Å². The second-order valence-electron chi connectivity index (χ2n) is 5.97. The zero-order valence-electron chi connectivity index (χ0n) is 14.3. The van der Waals surface area contributed by atoms with Gasteiger partial charge in [-0.05, 0) is 37.1 Å². The number of ether oxygens (including phenoxy) is 1. The molecule has 142 valence electrons. The van der Waals surface area contributed by atoms with Gasteiger partial charge in [-0.2, -0.15) is 0 Å². The second kappa shape index (κ2) is 8.11. The molecule has 26 heavy (non-hydrogen) atoms. The first-order valence-electron chi connectivity index (χ1n) is 8.25. The number of carbonyl (C=O) groups excluding carboxylic acids is 1. The quantitative estimate of drug-likeness (QED) is 0.190. The molecule has 0 unspecified atom stereocenters. The van der Waals surface area contributed by atoms with Gasteiger partial charge in [0.25, 0.3) is 19.7 Å². The Kier molecular flexibility index (Phi) is 6.33. The molecule has 8 nitrogen and oxygen atoms in total. The Morgan fingerprint density at radius 3 is 2.19 bits per heavy atom. The first-order chi connectivity index (χ1) is 12.2. The minimum atomic E-state index is -4.54. The minimum Gasteiger partial charge on any atom is -0.427 e. The Balaban J connectivity index is 2.35. The van der Waals surface area contributed by atoms with E-state index in [4.69, 9.17) is 10.3 Å². The number of sulfone groups is 2. The predicted octanol–water partition coefficient (Wildman–Crippen LogP) is 2.11. The summed E-state index contributed by atoms with van der Waals surface area (Å²) >= 11 is 0. The van der Waals surface area contributed by atoms with E-state index in [0.717, 1.165) is 18.6 Å². The van der Waals surface area contributed by atoms with Crippen molar-refractivity contribution in [2.75, 3.05) is 0 Å². The number of hydrogen-bond donors (Lipinski definition) is 0. The number of nitrogens with zero attached hydrogens (tertiary/aromatic N) is 2. The summed E-state index contributed by atoms with van der Waals surface area (Å²) in [6, 6.07) is 4.69. The lowest BCUT2D eigenvalue weighted by atomic mass is 10.0. The number of carbonyl (C=O) groups is 1. The Morgan fingerprint density at radius 2 is 1.69 bits per heavy atom. The van der Waals surface area contributed by atoms with Crippen molar-refractivity contribution in [1.29, 1.82) is 0 Å². The van der Waals surface area contributed by atoms with Crippen molar-refractivity contribution in [1.82, 2.24) is 0 Å². The third-order valence-corrected chi connectivity index (χ3v) is 8.91. The molecule has 0 aliphatic heterocycles. The number of esters is 1. The zero-order valence-corrected chi connectivity index (χ0v) is 15.9. The molecule has 1 aliphatic carbocycles. The van der Waals surface area contributed by atoms with Gasteiger partial charge in [-0.3, -0.25) is 4.79 Å². The molecular weight excluding hydrogens is 380 g/mol. The number of hydrogen-bond acceptors (Lipinski definition) is 6. The topological polar surface area (TPSA) is 131 Å². The second-order valence-corrected chi connectivity index (χ2v) is 10.2. The maximum Gasteiger partial charge on any atom is 0.499 e. The highest BCUT2D eigenvalue weighted by Crippen LogP contribution is 2.28. The van der Waals surface area contributed by atoms with Crippen molar-refractivity contribution in [3.63, 3.8) is 0 Å². The van der Waals surface area contributed by atoms with Gasteiger partial charge in [0.1, 0.15) is 5.75 Å². The standard InChI is InChI=1S/C16H20N2O6S2/c1-2-15(19)24-12-8-10-14(11-9-12)26(22,23)16(18-17)25(20,21)13-6-4-3-5-7-13/h8-11,13H,2-7H2,1H3. The third-order valence-electron chi connectivity index (χ3n) is 4.20. The van der Waals surface area contributed by atoms with Gasteiger partial charge in [-0.25, -0.2) is 16.8 Å². The summed E-state index contributed by atoms with van der Waals surface area (Å²) in [5.74, 6) is -0.355. The Morgan fingerprint density at radius 1 is 1.12 bits per heavy atom. The van der Waals surface area contributed by atoms with Crippen LogP contribution in [0.1, 0.15) is 45.4 Å². The molecule has 0 bridgehead atoms. The van der Waals surface area contributed by atoms with Crippen LogP contribution in [0.5, 0.6) is 5.75 Å². The van der Waals surface area contributed by atoms with E-state index >= 15 is 0 Å². The van der Waals surface area contributed by atoms with Crippen LogP contribution in [-0.2, 0) is 24.5 Å². The molecule has 0 N–H and O–H groups in total. The van der Waals surface area contributed by atoms with Gasteiger partial charge in [-0.15, -0.1) is 4.79 Å². The lowest BCUT2D eigenvalue weighted by molar-refractivity contribution is -0.134.